The van der Waals surface area contributed by atoms with Gasteiger partial charge in [0.2, 0.25) is 0 Å². The first-order valence-corrected chi connectivity index (χ1v) is 15.3. The van der Waals surface area contributed by atoms with E-state index in [0.717, 1.165) is 37.9 Å². The third-order valence-corrected chi connectivity index (χ3v) is 10.4. The molecule has 2 heterocycles. The summed E-state index contributed by atoms with van der Waals surface area (Å²) >= 11 is 3.48. The molecule has 2 nitrogen and oxygen atoms in total. The summed E-state index contributed by atoms with van der Waals surface area (Å²) in [7, 11) is 0. The van der Waals surface area contributed by atoms with Crippen molar-refractivity contribution < 1.29 is 0 Å². The molecule has 0 bridgehead atoms. The molecular formula is C38H20N2S2. The Labute approximate surface area is 250 Å². The van der Waals surface area contributed by atoms with Crippen LogP contribution in [0.3, 0.4) is 0 Å². The van der Waals surface area contributed by atoms with Crippen molar-refractivity contribution >= 4 is 63.0 Å². The fourth-order valence-electron chi connectivity index (χ4n) is 6.10. The van der Waals surface area contributed by atoms with Gasteiger partial charge in [0, 0.05) is 62.6 Å². The summed E-state index contributed by atoms with van der Waals surface area (Å²) in [6, 6.07) is 46.7. The van der Waals surface area contributed by atoms with Gasteiger partial charge in [0.05, 0.1) is 11.1 Å². The molecule has 4 heteroatoms. The van der Waals surface area contributed by atoms with E-state index >= 15 is 0 Å². The average Bonchev–Trinajstić information content (AvgIpc) is 3.62. The lowest BCUT2D eigenvalue weighted by atomic mass is 9.83. The highest BCUT2D eigenvalue weighted by atomic mass is 32.1. The average molecular weight is 569 g/mol. The zero-order valence-corrected chi connectivity index (χ0v) is 23.9. The zero-order chi connectivity index (χ0) is 28.2. The predicted octanol–water partition coefficient (Wildman–Crippen LogP) is 11.2. The molecule has 2 aromatic heterocycles. The van der Waals surface area contributed by atoms with E-state index in [1.807, 2.05) is 42.5 Å². The fourth-order valence-corrected chi connectivity index (χ4v) is 8.46. The van der Waals surface area contributed by atoms with Crippen LogP contribution >= 0.6 is 22.7 Å². The molecule has 8 aromatic rings. The van der Waals surface area contributed by atoms with Gasteiger partial charge in [0.1, 0.15) is 12.1 Å². The van der Waals surface area contributed by atoms with Gasteiger partial charge in [-0.2, -0.15) is 10.5 Å². The van der Waals surface area contributed by atoms with E-state index in [2.05, 4.69) is 91.0 Å². The molecule has 0 spiro atoms. The molecule has 8 rings (SSSR count). The molecule has 0 amide bonds. The number of nitriles is 2. The van der Waals surface area contributed by atoms with E-state index in [-0.39, 0.29) is 0 Å². The second-order valence-electron chi connectivity index (χ2n) is 10.3. The monoisotopic (exact) mass is 568 g/mol. The maximum Gasteiger partial charge on any atom is 0.100 e. The molecule has 0 unspecified atom stereocenters. The number of hydrogen-bond acceptors (Lipinski definition) is 4. The van der Waals surface area contributed by atoms with Gasteiger partial charge in [-0.3, -0.25) is 0 Å². The normalized spacial score (nSPS) is 11.3. The van der Waals surface area contributed by atoms with Gasteiger partial charge in [-0.05, 0) is 35.4 Å². The third-order valence-electron chi connectivity index (χ3n) is 8.00. The topological polar surface area (TPSA) is 47.6 Å². The van der Waals surface area contributed by atoms with Crippen LogP contribution in [0.25, 0.3) is 73.7 Å². The van der Waals surface area contributed by atoms with Crippen LogP contribution in [0, 0.1) is 22.7 Å². The maximum atomic E-state index is 10.8. The first-order valence-electron chi connectivity index (χ1n) is 13.6. The number of rotatable bonds is 3. The summed E-state index contributed by atoms with van der Waals surface area (Å²) < 4.78 is 4.69. The molecule has 42 heavy (non-hydrogen) atoms. The minimum Gasteiger partial charge on any atom is -0.192 e. The van der Waals surface area contributed by atoms with Crippen molar-refractivity contribution in [2.24, 2.45) is 0 Å². The van der Waals surface area contributed by atoms with Gasteiger partial charge < -0.3 is 0 Å². The Morgan fingerprint density at radius 2 is 1.02 bits per heavy atom. The second kappa shape index (κ2) is 9.68. The van der Waals surface area contributed by atoms with Gasteiger partial charge >= 0.3 is 0 Å². The molecule has 0 radical (unpaired) electrons. The lowest BCUT2D eigenvalue weighted by Crippen LogP contribution is -1.98. The summed E-state index contributed by atoms with van der Waals surface area (Å²) in [5.74, 6) is 0. The Kier molecular flexibility index (Phi) is 5.66. The number of benzene rings is 6. The Hall–Kier alpha value is -5.26. The summed E-state index contributed by atoms with van der Waals surface area (Å²) in [6.45, 7) is 0. The zero-order valence-electron chi connectivity index (χ0n) is 22.3. The van der Waals surface area contributed by atoms with Crippen molar-refractivity contribution in [2.45, 2.75) is 0 Å². The van der Waals surface area contributed by atoms with Gasteiger partial charge in [-0.1, -0.05) is 97.1 Å². The van der Waals surface area contributed by atoms with Crippen LogP contribution in [0.2, 0.25) is 0 Å². The molecule has 0 aliphatic heterocycles. The molecule has 0 fully saturated rings. The van der Waals surface area contributed by atoms with E-state index in [1.54, 1.807) is 22.7 Å². The van der Waals surface area contributed by atoms with Crippen molar-refractivity contribution in [1.82, 2.24) is 0 Å². The maximum absolute atomic E-state index is 10.8. The van der Waals surface area contributed by atoms with Gasteiger partial charge in [0.25, 0.3) is 0 Å². The quantitative estimate of drug-likeness (QED) is 0.213. The van der Waals surface area contributed by atoms with Crippen LogP contribution < -0.4 is 0 Å². The van der Waals surface area contributed by atoms with Gasteiger partial charge in [-0.25, -0.2) is 0 Å². The third kappa shape index (κ3) is 3.67. The minimum absolute atomic E-state index is 0.523. The lowest BCUT2D eigenvalue weighted by Gasteiger charge is -2.17. The molecular weight excluding hydrogens is 549 g/mol. The Morgan fingerprint density at radius 3 is 1.76 bits per heavy atom. The first-order chi connectivity index (χ1) is 20.7. The number of hydrogen-bond donors (Lipinski definition) is 0. The predicted molar refractivity (Wildman–Crippen MR) is 178 cm³/mol. The summed E-state index contributed by atoms with van der Waals surface area (Å²) in [4.78, 5) is 0. The van der Waals surface area contributed by atoms with E-state index < -0.39 is 0 Å². The highest BCUT2D eigenvalue weighted by molar-refractivity contribution is 7.26. The highest BCUT2D eigenvalue weighted by Crippen LogP contribution is 2.46. The molecule has 0 aliphatic rings. The van der Waals surface area contributed by atoms with Crippen LogP contribution in [-0.4, -0.2) is 0 Å². The van der Waals surface area contributed by atoms with Crippen LogP contribution in [0.15, 0.2) is 121 Å². The summed E-state index contributed by atoms with van der Waals surface area (Å²) in [5, 5.41) is 26.3. The lowest BCUT2D eigenvalue weighted by molar-refractivity contribution is 1.44. The van der Waals surface area contributed by atoms with Crippen molar-refractivity contribution in [1.29, 1.82) is 10.5 Å². The molecule has 194 valence electrons. The largest absolute Gasteiger partial charge is 0.192 e. The molecule has 0 saturated carbocycles. The highest BCUT2D eigenvalue weighted by Gasteiger charge is 2.24. The van der Waals surface area contributed by atoms with Crippen molar-refractivity contribution in [2.75, 3.05) is 0 Å². The summed E-state index contributed by atoms with van der Waals surface area (Å²) in [5.41, 5.74) is 6.25. The smallest absolute Gasteiger partial charge is 0.100 e. The van der Waals surface area contributed by atoms with Crippen LogP contribution in [0.1, 0.15) is 11.1 Å². The number of thiophene rings is 2. The molecule has 0 saturated heterocycles. The molecule has 0 N–H and O–H groups in total. The van der Waals surface area contributed by atoms with Gasteiger partial charge in [0.15, 0.2) is 0 Å². The summed E-state index contributed by atoms with van der Waals surface area (Å²) in [6.07, 6.45) is 0. The van der Waals surface area contributed by atoms with E-state index in [4.69, 9.17) is 0 Å². The number of nitrogens with zero attached hydrogens (tertiary/aromatic N) is 2. The van der Waals surface area contributed by atoms with Gasteiger partial charge in [-0.15, -0.1) is 22.7 Å². The molecule has 0 aliphatic carbocycles. The molecule has 0 atom stereocenters. The van der Waals surface area contributed by atoms with Crippen molar-refractivity contribution in [3.63, 3.8) is 0 Å². The van der Waals surface area contributed by atoms with E-state index in [1.165, 1.54) is 30.3 Å². The fraction of sp³-hybridized carbons (Fsp3) is 0. The standard InChI is InChI=1S/C38H20N2S2/c39-21-32-30(23-9-2-1-3-10-23)20-31(24-17-18-27-25-11-4-6-15-34(25)41-36(27)19-24)33(22-40)37(32)29-14-8-13-28-26-12-5-7-16-35(26)42-38(28)29/h1-20H. The van der Waals surface area contributed by atoms with Crippen molar-refractivity contribution in [3.8, 4) is 45.5 Å². The number of fused-ring (bicyclic) bond motifs is 6. The second-order valence-corrected chi connectivity index (χ2v) is 12.4. The van der Waals surface area contributed by atoms with Crippen LogP contribution in [0.5, 0.6) is 0 Å². The Bertz CT molecular complexity index is 2430. The Morgan fingerprint density at radius 1 is 0.429 bits per heavy atom. The Balaban J connectivity index is 1.49. The van der Waals surface area contributed by atoms with Crippen LogP contribution in [-0.2, 0) is 0 Å². The van der Waals surface area contributed by atoms with Crippen LogP contribution in [0.4, 0.5) is 0 Å². The van der Waals surface area contributed by atoms with E-state index in [0.29, 0.717) is 16.7 Å². The SMILES string of the molecule is N#Cc1c(-c2ccccc2)cc(-c2ccc3c(c2)sc2ccccc23)c(C#N)c1-c1cccc2c1sc1ccccc12. The van der Waals surface area contributed by atoms with E-state index in [9.17, 15) is 10.5 Å². The first kappa shape index (κ1) is 24.5. The van der Waals surface area contributed by atoms with Crippen molar-refractivity contribution in [3.05, 3.63) is 132 Å². The molecule has 6 aromatic carbocycles. The minimum atomic E-state index is 0.523.